The van der Waals surface area contributed by atoms with E-state index >= 15 is 0 Å². The number of hydrogen-bond acceptors (Lipinski definition) is 4. The highest BCUT2D eigenvalue weighted by atomic mass is 16.3. The minimum atomic E-state index is -0.257. The molecule has 156 valence electrons. The summed E-state index contributed by atoms with van der Waals surface area (Å²) in [6.07, 6.45) is 0. The lowest BCUT2D eigenvalue weighted by Crippen LogP contribution is -2.51. The fourth-order valence-electron chi connectivity index (χ4n) is 3.61. The fraction of sp³-hybridized carbons (Fsp3) is 0.286. The third kappa shape index (κ3) is 4.00. The first kappa shape index (κ1) is 19.6. The monoisotopic (exact) mass is 409 g/mol. The number of carbonyl (C=O) groups is 3. The second-order valence-corrected chi connectivity index (χ2v) is 7.16. The second kappa shape index (κ2) is 8.32. The molecule has 9 nitrogen and oxygen atoms in total. The molecule has 30 heavy (non-hydrogen) atoms. The van der Waals surface area contributed by atoms with Crippen molar-refractivity contribution >= 4 is 29.3 Å². The summed E-state index contributed by atoms with van der Waals surface area (Å²) in [5.74, 6) is -0.293. The summed E-state index contributed by atoms with van der Waals surface area (Å²) >= 11 is 0. The molecule has 9 heteroatoms. The van der Waals surface area contributed by atoms with Gasteiger partial charge in [0.25, 0.3) is 5.91 Å². The van der Waals surface area contributed by atoms with E-state index in [4.69, 9.17) is 0 Å². The molecule has 5 amide bonds. The molecule has 0 aromatic heterocycles. The molecule has 2 aromatic rings. The van der Waals surface area contributed by atoms with Crippen LogP contribution in [0.3, 0.4) is 0 Å². The van der Waals surface area contributed by atoms with E-state index in [0.29, 0.717) is 45.0 Å². The Balaban J connectivity index is 1.34. The molecule has 2 aliphatic heterocycles. The predicted octanol–water partition coefficient (Wildman–Crippen LogP) is 1.91. The lowest BCUT2D eigenvalue weighted by molar-refractivity contribution is 0.0668. The summed E-state index contributed by atoms with van der Waals surface area (Å²) < 4.78 is 0. The molecule has 2 aliphatic rings. The Bertz CT molecular complexity index is 971. The van der Waals surface area contributed by atoms with E-state index < -0.39 is 0 Å². The largest absolute Gasteiger partial charge is 0.507 e. The Labute approximate surface area is 173 Å². The molecule has 2 aromatic carbocycles. The fourth-order valence-corrected chi connectivity index (χ4v) is 3.61. The van der Waals surface area contributed by atoms with Gasteiger partial charge in [-0.05, 0) is 30.3 Å². The Morgan fingerprint density at radius 1 is 0.933 bits per heavy atom. The Morgan fingerprint density at radius 2 is 1.67 bits per heavy atom. The maximum Gasteiger partial charge on any atom is 0.321 e. The van der Waals surface area contributed by atoms with Crippen LogP contribution >= 0.6 is 0 Å². The zero-order valence-corrected chi connectivity index (χ0v) is 16.4. The van der Waals surface area contributed by atoms with Gasteiger partial charge in [0.2, 0.25) is 0 Å². The Morgan fingerprint density at radius 3 is 2.37 bits per heavy atom. The number of nitrogens with one attached hydrogen (secondary N) is 2. The minimum Gasteiger partial charge on any atom is -0.507 e. The number of urea groups is 2. The molecule has 4 rings (SSSR count). The van der Waals surface area contributed by atoms with Gasteiger partial charge in [0.1, 0.15) is 5.75 Å². The predicted molar refractivity (Wildman–Crippen MR) is 112 cm³/mol. The number of nitrogens with zero attached hydrogens (tertiary/aromatic N) is 3. The van der Waals surface area contributed by atoms with E-state index in [1.165, 1.54) is 6.07 Å². The highest BCUT2D eigenvalue weighted by Gasteiger charge is 2.26. The van der Waals surface area contributed by atoms with Gasteiger partial charge >= 0.3 is 12.1 Å². The number of carbonyl (C=O) groups excluding carboxylic acids is 3. The lowest BCUT2D eigenvalue weighted by atomic mass is 10.1. The summed E-state index contributed by atoms with van der Waals surface area (Å²) in [4.78, 5) is 42.0. The van der Waals surface area contributed by atoms with Crippen LogP contribution in [0.4, 0.5) is 21.0 Å². The lowest BCUT2D eigenvalue weighted by Gasteiger charge is -2.34. The number of para-hydroxylation sites is 1. The molecule has 0 bridgehead atoms. The molecular formula is C21H23N5O4. The number of anilines is 2. The SMILES string of the molecule is O=C(Nc1cccc(N2CCNC2=O)c1)N1CCN(C(=O)c2ccccc2O)CC1. The van der Waals surface area contributed by atoms with Crippen LogP contribution in [0, 0.1) is 0 Å². The summed E-state index contributed by atoms with van der Waals surface area (Å²) in [6, 6.07) is 13.2. The van der Waals surface area contributed by atoms with Crippen LogP contribution < -0.4 is 15.5 Å². The maximum atomic E-state index is 12.6. The number of phenols is 1. The molecule has 0 unspecified atom stereocenters. The van der Waals surface area contributed by atoms with Crippen LogP contribution in [0.25, 0.3) is 0 Å². The summed E-state index contributed by atoms with van der Waals surface area (Å²) in [5, 5.41) is 15.5. The highest BCUT2D eigenvalue weighted by molar-refractivity contribution is 5.97. The zero-order valence-electron chi connectivity index (χ0n) is 16.4. The van der Waals surface area contributed by atoms with E-state index in [-0.39, 0.29) is 29.3 Å². The van der Waals surface area contributed by atoms with Crippen LogP contribution in [-0.2, 0) is 0 Å². The van der Waals surface area contributed by atoms with Gasteiger partial charge in [-0.1, -0.05) is 18.2 Å². The zero-order chi connectivity index (χ0) is 21.1. The average molecular weight is 409 g/mol. The van der Waals surface area contributed by atoms with Crippen LogP contribution in [0.5, 0.6) is 5.75 Å². The molecular weight excluding hydrogens is 386 g/mol. The van der Waals surface area contributed by atoms with Crippen LogP contribution in [0.2, 0.25) is 0 Å². The Hall–Kier alpha value is -3.75. The quantitative estimate of drug-likeness (QED) is 0.720. The van der Waals surface area contributed by atoms with Crippen molar-refractivity contribution in [3.05, 3.63) is 54.1 Å². The van der Waals surface area contributed by atoms with Crippen molar-refractivity contribution in [2.45, 2.75) is 0 Å². The topological polar surface area (TPSA) is 105 Å². The van der Waals surface area contributed by atoms with E-state index in [1.54, 1.807) is 51.1 Å². The molecule has 0 aliphatic carbocycles. The van der Waals surface area contributed by atoms with Gasteiger partial charge in [-0.25, -0.2) is 9.59 Å². The van der Waals surface area contributed by atoms with Gasteiger partial charge in [-0.3, -0.25) is 9.69 Å². The molecule has 2 saturated heterocycles. The van der Waals surface area contributed by atoms with E-state index in [1.807, 2.05) is 6.07 Å². The van der Waals surface area contributed by atoms with Crippen molar-refractivity contribution in [2.75, 3.05) is 49.5 Å². The molecule has 0 spiro atoms. The van der Waals surface area contributed by atoms with Crippen molar-refractivity contribution in [3.8, 4) is 5.75 Å². The van der Waals surface area contributed by atoms with Crippen LogP contribution in [-0.4, -0.2) is 72.1 Å². The number of benzene rings is 2. The molecule has 0 saturated carbocycles. The summed E-state index contributed by atoms with van der Waals surface area (Å²) in [5.41, 5.74) is 1.59. The third-order valence-corrected chi connectivity index (χ3v) is 5.25. The van der Waals surface area contributed by atoms with Crippen molar-refractivity contribution in [1.82, 2.24) is 15.1 Å². The number of amides is 5. The number of phenolic OH excluding ortho intramolecular Hbond substituents is 1. The van der Waals surface area contributed by atoms with Gasteiger partial charge in [0.05, 0.1) is 5.56 Å². The second-order valence-electron chi connectivity index (χ2n) is 7.16. The first-order valence-corrected chi connectivity index (χ1v) is 9.81. The number of piperazine rings is 1. The van der Waals surface area contributed by atoms with E-state index in [0.717, 1.165) is 5.69 Å². The average Bonchev–Trinajstić information content (AvgIpc) is 3.20. The molecule has 0 atom stereocenters. The number of hydrogen-bond donors (Lipinski definition) is 3. The molecule has 2 heterocycles. The van der Waals surface area contributed by atoms with Gasteiger partial charge < -0.3 is 25.5 Å². The first-order valence-electron chi connectivity index (χ1n) is 9.81. The van der Waals surface area contributed by atoms with E-state index in [9.17, 15) is 19.5 Å². The van der Waals surface area contributed by atoms with Crippen LogP contribution in [0.1, 0.15) is 10.4 Å². The summed E-state index contributed by atoms with van der Waals surface area (Å²) in [6.45, 7) is 2.73. The number of aromatic hydroxyl groups is 1. The normalized spacial score (nSPS) is 16.4. The third-order valence-electron chi connectivity index (χ3n) is 5.25. The van der Waals surface area contributed by atoms with Gasteiger partial charge in [0, 0.05) is 50.6 Å². The van der Waals surface area contributed by atoms with Crippen LogP contribution in [0.15, 0.2) is 48.5 Å². The molecule has 3 N–H and O–H groups in total. The van der Waals surface area contributed by atoms with Gasteiger partial charge in [-0.2, -0.15) is 0 Å². The standard InChI is InChI=1S/C21H23N5O4/c27-18-7-2-1-6-17(18)19(28)24-10-12-25(13-11-24)21(30)23-15-4-3-5-16(14-15)26-9-8-22-20(26)29/h1-7,14,27H,8-13H2,(H,22,29)(H,23,30). The molecule has 0 radical (unpaired) electrons. The van der Waals surface area contributed by atoms with Crippen molar-refractivity contribution in [1.29, 1.82) is 0 Å². The van der Waals surface area contributed by atoms with Crippen molar-refractivity contribution in [2.24, 2.45) is 0 Å². The number of rotatable bonds is 3. The van der Waals surface area contributed by atoms with Gasteiger partial charge in [0.15, 0.2) is 0 Å². The smallest absolute Gasteiger partial charge is 0.321 e. The minimum absolute atomic E-state index is 0.0470. The van der Waals surface area contributed by atoms with Crippen molar-refractivity contribution in [3.63, 3.8) is 0 Å². The van der Waals surface area contributed by atoms with Gasteiger partial charge in [-0.15, -0.1) is 0 Å². The maximum absolute atomic E-state index is 12.6. The Kier molecular flexibility index (Phi) is 5.42. The van der Waals surface area contributed by atoms with E-state index in [2.05, 4.69) is 10.6 Å². The van der Waals surface area contributed by atoms with Crippen molar-refractivity contribution < 1.29 is 19.5 Å². The summed E-state index contributed by atoms with van der Waals surface area (Å²) in [7, 11) is 0. The molecule has 2 fully saturated rings. The first-order chi connectivity index (χ1) is 14.5. The highest BCUT2D eigenvalue weighted by Crippen LogP contribution is 2.22.